The van der Waals surface area contributed by atoms with Crippen LogP contribution in [0.3, 0.4) is 0 Å². The van der Waals surface area contributed by atoms with Crippen molar-refractivity contribution in [2.75, 3.05) is 11.5 Å². The van der Waals surface area contributed by atoms with Crippen LogP contribution in [0.15, 0.2) is 72.8 Å². The van der Waals surface area contributed by atoms with Crippen molar-refractivity contribution in [1.29, 1.82) is 0 Å². The summed E-state index contributed by atoms with van der Waals surface area (Å²) in [5.41, 5.74) is 16.0. The summed E-state index contributed by atoms with van der Waals surface area (Å²) in [5, 5.41) is 0. The lowest BCUT2D eigenvalue weighted by molar-refractivity contribution is 0.0993. The smallest absolute Gasteiger partial charge is 0.167 e. The minimum atomic E-state index is 0.0130. The second-order valence-corrected chi connectivity index (χ2v) is 5.75. The number of anilines is 2. The Morgan fingerprint density at radius 3 is 2.08 bits per heavy atom. The van der Waals surface area contributed by atoms with Gasteiger partial charge in [0.15, 0.2) is 5.78 Å². The molecule has 3 rings (SSSR count). The average Bonchev–Trinajstić information content (AvgIpc) is 2.63. The van der Waals surface area contributed by atoms with Gasteiger partial charge in [-0.05, 0) is 42.0 Å². The van der Waals surface area contributed by atoms with Crippen LogP contribution >= 0.6 is 0 Å². The molecule has 3 aromatic carbocycles. The number of nitrogen functional groups attached to an aromatic ring is 2. The van der Waals surface area contributed by atoms with Gasteiger partial charge in [-0.25, -0.2) is 0 Å². The van der Waals surface area contributed by atoms with E-state index in [1.807, 2.05) is 42.5 Å². The highest BCUT2D eigenvalue weighted by atomic mass is 16.1. The van der Waals surface area contributed by atoms with Crippen LogP contribution in [-0.2, 0) is 6.42 Å². The monoisotopic (exact) mass is 326 g/mol. The number of hydrogen-bond acceptors (Lipinski definition) is 3. The van der Waals surface area contributed by atoms with Gasteiger partial charge in [0.05, 0.1) is 0 Å². The molecule has 0 bridgehead atoms. The molecule has 0 aliphatic rings. The summed E-state index contributed by atoms with van der Waals surface area (Å²) in [4.78, 5) is 12.4. The van der Waals surface area contributed by atoms with Crippen molar-refractivity contribution >= 4 is 17.2 Å². The van der Waals surface area contributed by atoms with Gasteiger partial charge in [-0.1, -0.05) is 48.2 Å². The zero-order valence-electron chi connectivity index (χ0n) is 13.7. The molecule has 0 saturated carbocycles. The van der Waals surface area contributed by atoms with Crippen LogP contribution in [0.1, 0.15) is 27.0 Å². The van der Waals surface area contributed by atoms with E-state index in [4.69, 9.17) is 11.5 Å². The first kappa shape index (κ1) is 16.4. The Balaban J connectivity index is 1.71. The zero-order chi connectivity index (χ0) is 17.6. The predicted molar refractivity (Wildman–Crippen MR) is 102 cm³/mol. The summed E-state index contributed by atoms with van der Waals surface area (Å²) in [6.07, 6.45) is 0.251. The normalized spacial score (nSPS) is 9.92. The maximum atomic E-state index is 12.4. The lowest BCUT2D eigenvalue weighted by Crippen LogP contribution is -2.06. The summed E-state index contributed by atoms with van der Waals surface area (Å²) < 4.78 is 0. The van der Waals surface area contributed by atoms with E-state index in [9.17, 15) is 4.79 Å². The van der Waals surface area contributed by atoms with Crippen molar-refractivity contribution in [1.82, 2.24) is 0 Å². The Morgan fingerprint density at radius 1 is 0.800 bits per heavy atom. The second kappa shape index (κ2) is 7.37. The fourth-order valence-electron chi connectivity index (χ4n) is 2.45. The molecule has 4 N–H and O–H groups in total. The number of rotatable bonds is 3. The molecule has 0 saturated heterocycles. The zero-order valence-corrected chi connectivity index (χ0v) is 13.7. The van der Waals surface area contributed by atoms with Crippen LogP contribution in [0.25, 0.3) is 0 Å². The molecular weight excluding hydrogens is 308 g/mol. The van der Waals surface area contributed by atoms with E-state index < -0.39 is 0 Å². The molecule has 3 nitrogen and oxygen atoms in total. The summed E-state index contributed by atoms with van der Waals surface area (Å²) in [7, 11) is 0. The fourth-order valence-corrected chi connectivity index (χ4v) is 2.45. The van der Waals surface area contributed by atoms with Crippen molar-refractivity contribution in [3.63, 3.8) is 0 Å². The van der Waals surface area contributed by atoms with Crippen LogP contribution in [0.2, 0.25) is 0 Å². The summed E-state index contributed by atoms with van der Waals surface area (Å²) in [5.74, 6) is 6.21. The number of benzene rings is 3. The average molecular weight is 326 g/mol. The molecule has 3 heteroatoms. The number of ketones is 1. The van der Waals surface area contributed by atoms with Gasteiger partial charge in [0.2, 0.25) is 0 Å². The van der Waals surface area contributed by atoms with E-state index in [2.05, 4.69) is 11.8 Å². The molecule has 0 unspecified atom stereocenters. The molecule has 0 spiro atoms. The lowest BCUT2D eigenvalue weighted by atomic mass is 10.0. The number of nitrogens with two attached hydrogens (primary N) is 2. The number of hydrogen-bond donors (Lipinski definition) is 2. The number of Topliss-reactive ketones (excluding diaryl/α,β-unsaturated/α-hetero) is 1. The van der Waals surface area contributed by atoms with Gasteiger partial charge < -0.3 is 11.5 Å². The van der Waals surface area contributed by atoms with Gasteiger partial charge in [-0.15, -0.1) is 0 Å². The first-order valence-corrected chi connectivity index (χ1v) is 7.96. The van der Waals surface area contributed by atoms with Gasteiger partial charge >= 0.3 is 0 Å². The Morgan fingerprint density at radius 2 is 1.44 bits per heavy atom. The Labute approximate surface area is 147 Å². The predicted octanol–water partition coefficient (Wildman–Crippen LogP) is 3.68. The highest BCUT2D eigenvalue weighted by molar-refractivity contribution is 5.98. The summed E-state index contributed by atoms with van der Waals surface area (Å²) in [6.45, 7) is 0. The first-order valence-electron chi connectivity index (χ1n) is 7.96. The Hall–Kier alpha value is -3.51. The SMILES string of the molecule is Nc1ccc(CC(=O)c2ccc(C#Cc3ccccc3)cc2)c(N)c1. The van der Waals surface area contributed by atoms with Gasteiger partial charge in [0.25, 0.3) is 0 Å². The van der Waals surface area contributed by atoms with Crippen LogP contribution in [0.4, 0.5) is 11.4 Å². The molecule has 0 atom stereocenters. The third-order valence-electron chi connectivity index (χ3n) is 3.85. The third-order valence-corrected chi connectivity index (χ3v) is 3.85. The molecule has 0 heterocycles. The number of carbonyl (C=O) groups excluding carboxylic acids is 1. The Kier molecular flexibility index (Phi) is 4.82. The molecule has 0 aliphatic heterocycles. The van der Waals surface area contributed by atoms with Crippen molar-refractivity contribution in [3.8, 4) is 11.8 Å². The van der Waals surface area contributed by atoms with Crippen LogP contribution in [0.5, 0.6) is 0 Å². The van der Waals surface area contributed by atoms with E-state index in [0.29, 0.717) is 16.9 Å². The number of carbonyl (C=O) groups is 1. The third kappa shape index (κ3) is 4.27. The van der Waals surface area contributed by atoms with Crippen LogP contribution in [0, 0.1) is 11.8 Å². The molecule has 3 aromatic rings. The van der Waals surface area contributed by atoms with Crippen molar-refractivity contribution < 1.29 is 4.79 Å². The second-order valence-electron chi connectivity index (χ2n) is 5.75. The minimum absolute atomic E-state index is 0.0130. The van der Waals surface area contributed by atoms with E-state index in [1.54, 1.807) is 30.3 Å². The standard InChI is InChI=1S/C22H18N2O/c23-20-13-12-19(21(24)15-20)14-22(25)18-10-8-17(9-11-18)7-6-16-4-2-1-3-5-16/h1-5,8-13,15H,14,23-24H2. The Bertz CT molecular complexity index is 949. The van der Waals surface area contributed by atoms with Gasteiger partial charge in [-0.3, -0.25) is 4.79 Å². The molecular formula is C22H18N2O. The topological polar surface area (TPSA) is 69.1 Å². The van der Waals surface area contributed by atoms with Crippen molar-refractivity contribution in [3.05, 3.63) is 95.1 Å². The quantitative estimate of drug-likeness (QED) is 0.438. The molecule has 0 aromatic heterocycles. The first-order chi connectivity index (χ1) is 12.1. The molecule has 25 heavy (non-hydrogen) atoms. The van der Waals surface area contributed by atoms with E-state index in [0.717, 1.165) is 16.7 Å². The van der Waals surface area contributed by atoms with Crippen LogP contribution < -0.4 is 11.5 Å². The van der Waals surface area contributed by atoms with E-state index >= 15 is 0 Å². The minimum Gasteiger partial charge on any atom is -0.399 e. The molecule has 0 fully saturated rings. The van der Waals surface area contributed by atoms with Gasteiger partial charge in [-0.2, -0.15) is 0 Å². The van der Waals surface area contributed by atoms with Crippen molar-refractivity contribution in [2.24, 2.45) is 0 Å². The molecule has 0 amide bonds. The maximum absolute atomic E-state index is 12.4. The fraction of sp³-hybridized carbons (Fsp3) is 0.0455. The summed E-state index contributed by atoms with van der Waals surface area (Å²) >= 11 is 0. The molecule has 0 aliphatic carbocycles. The van der Waals surface area contributed by atoms with E-state index in [1.165, 1.54) is 0 Å². The highest BCUT2D eigenvalue weighted by Crippen LogP contribution is 2.18. The lowest BCUT2D eigenvalue weighted by Gasteiger charge is -2.06. The van der Waals surface area contributed by atoms with Crippen molar-refractivity contribution in [2.45, 2.75) is 6.42 Å². The highest BCUT2D eigenvalue weighted by Gasteiger charge is 2.09. The largest absolute Gasteiger partial charge is 0.399 e. The maximum Gasteiger partial charge on any atom is 0.167 e. The van der Waals surface area contributed by atoms with E-state index in [-0.39, 0.29) is 12.2 Å². The van der Waals surface area contributed by atoms with Gasteiger partial charge in [0.1, 0.15) is 0 Å². The van der Waals surface area contributed by atoms with Crippen LogP contribution in [-0.4, -0.2) is 5.78 Å². The molecule has 122 valence electrons. The summed E-state index contributed by atoms with van der Waals surface area (Å²) in [6, 6.07) is 22.3. The molecule has 0 radical (unpaired) electrons. The van der Waals surface area contributed by atoms with Gasteiger partial charge in [0, 0.05) is 34.5 Å².